The summed E-state index contributed by atoms with van der Waals surface area (Å²) in [7, 11) is -3.42. The van der Waals surface area contributed by atoms with Gasteiger partial charge in [-0.05, 0) is 36.5 Å². The molecule has 0 bridgehead atoms. The van der Waals surface area contributed by atoms with Crippen LogP contribution in [-0.4, -0.2) is 27.7 Å². The lowest BCUT2D eigenvalue weighted by atomic mass is 9.88. The van der Waals surface area contributed by atoms with Gasteiger partial charge in [0.05, 0.1) is 30.1 Å². The highest BCUT2D eigenvalue weighted by Crippen LogP contribution is 2.25. The van der Waals surface area contributed by atoms with E-state index in [2.05, 4.69) is 11.6 Å². The van der Waals surface area contributed by atoms with Gasteiger partial charge in [-0.15, -0.1) is 0 Å². The van der Waals surface area contributed by atoms with Gasteiger partial charge in [0.1, 0.15) is 0 Å². The normalized spacial score (nSPS) is 21.7. The van der Waals surface area contributed by atoms with Gasteiger partial charge in [0.25, 0.3) is 0 Å². The molecule has 0 heterocycles. The van der Waals surface area contributed by atoms with Crippen molar-refractivity contribution in [3.05, 3.63) is 35.4 Å². The van der Waals surface area contributed by atoms with E-state index in [1.807, 2.05) is 6.07 Å². The fourth-order valence-corrected chi connectivity index (χ4v) is 4.05. The van der Waals surface area contributed by atoms with Gasteiger partial charge in [0.2, 0.25) is 10.0 Å². The summed E-state index contributed by atoms with van der Waals surface area (Å²) in [4.78, 5) is 0. The molecule has 1 aliphatic rings. The second-order valence-corrected chi connectivity index (χ2v) is 7.94. The molecule has 0 saturated heterocycles. The molecule has 5 nitrogen and oxygen atoms in total. The van der Waals surface area contributed by atoms with Crippen molar-refractivity contribution in [3.63, 3.8) is 0 Å². The van der Waals surface area contributed by atoms with E-state index in [4.69, 9.17) is 10.00 Å². The highest BCUT2D eigenvalue weighted by Gasteiger charge is 2.21. The summed E-state index contributed by atoms with van der Waals surface area (Å²) in [6, 6.07) is 8.66. The third-order valence-corrected chi connectivity index (χ3v) is 5.56. The van der Waals surface area contributed by atoms with Crippen molar-refractivity contribution in [2.45, 2.75) is 44.5 Å². The molecule has 1 aromatic carbocycles. The van der Waals surface area contributed by atoms with E-state index < -0.39 is 10.0 Å². The molecular weight excluding hydrogens is 312 g/mol. The number of sulfonamides is 1. The van der Waals surface area contributed by atoms with Crippen LogP contribution in [0.5, 0.6) is 0 Å². The van der Waals surface area contributed by atoms with Crippen LogP contribution in [0.4, 0.5) is 0 Å². The Morgan fingerprint density at radius 1 is 1.35 bits per heavy atom. The molecule has 0 aromatic heterocycles. The molecule has 0 aliphatic heterocycles. The summed E-state index contributed by atoms with van der Waals surface area (Å²) in [6.07, 6.45) is 4.95. The van der Waals surface area contributed by atoms with Crippen molar-refractivity contribution in [2.24, 2.45) is 5.92 Å². The molecule has 2 rings (SSSR count). The van der Waals surface area contributed by atoms with Crippen molar-refractivity contribution in [2.75, 3.05) is 13.2 Å². The van der Waals surface area contributed by atoms with Gasteiger partial charge < -0.3 is 4.74 Å². The second kappa shape index (κ2) is 8.44. The molecule has 1 aromatic rings. The lowest BCUT2D eigenvalue weighted by molar-refractivity contribution is -0.00177. The van der Waals surface area contributed by atoms with Crippen LogP contribution >= 0.6 is 0 Å². The number of rotatable bonds is 7. The van der Waals surface area contributed by atoms with E-state index in [1.165, 1.54) is 19.3 Å². The minimum absolute atomic E-state index is 0.123. The van der Waals surface area contributed by atoms with E-state index in [1.54, 1.807) is 24.3 Å². The van der Waals surface area contributed by atoms with Crippen LogP contribution in [0.3, 0.4) is 0 Å². The van der Waals surface area contributed by atoms with Crippen molar-refractivity contribution >= 4 is 10.0 Å². The Kier molecular flexibility index (Phi) is 6.58. The number of benzene rings is 1. The molecule has 126 valence electrons. The zero-order chi connectivity index (χ0) is 16.7. The zero-order valence-electron chi connectivity index (χ0n) is 13.5. The predicted molar refractivity (Wildman–Crippen MR) is 89.2 cm³/mol. The van der Waals surface area contributed by atoms with E-state index in [9.17, 15) is 8.42 Å². The lowest BCUT2D eigenvalue weighted by Crippen LogP contribution is -2.32. The summed E-state index contributed by atoms with van der Waals surface area (Å²) in [5.41, 5.74) is 1.07. The Labute approximate surface area is 138 Å². The maximum absolute atomic E-state index is 12.1. The molecule has 1 saturated carbocycles. The molecular formula is C17H24N2O3S. The minimum atomic E-state index is -3.42. The average molecular weight is 336 g/mol. The first-order valence-corrected chi connectivity index (χ1v) is 9.73. The first-order valence-electron chi connectivity index (χ1n) is 8.08. The van der Waals surface area contributed by atoms with Crippen molar-refractivity contribution in [1.82, 2.24) is 4.72 Å². The van der Waals surface area contributed by atoms with E-state index in [0.29, 0.717) is 23.7 Å². The van der Waals surface area contributed by atoms with Crippen LogP contribution in [-0.2, 0) is 20.5 Å². The zero-order valence-corrected chi connectivity index (χ0v) is 14.3. The van der Waals surface area contributed by atoms with Crippen LogP contribution < -0.4 is 4.72 Å². The van der Waals surface area contributed by atoms with Gasteiger partial charge in [-0.2, -0.15) is 5.26 Å². The number of hydrogen-bond donors (Lipinski definition) is 1. The Balaban J connectivity index is 1.76. The molecule has 2 atom stereocenters. The standard InChI is InChI=1S/C17H24N2O3S/c1-14-5-2-3-8-17(14)22-10-9-19-23(20,21)13-16-7-4-6-15(11-16)12-18/h4,6-7,11,14,17,19H,2-3,5,8-10,13H2,1H3/t14-,17-/m0/s1. The van der Waals surface area contributed by atoms with Crippen LogP contribution in [0.25, 0.3) is 0 Å². The van der Waals surface area contributed by atoms with Crippen LogP contribution in [0.2, 0.25) is 0 Å². The first-order chi connectivity index (χ1) is 11.0. The minimum Gasteiger partial charge on any atom is -0.377 e. The van der Waals surface area contributed by atoms with Crippen LogP contribution in [0.1, 0.15) is 43.7 Å². The number of nitrogens with one attached hydrogen (secondary N) is 1. The summed E-state index contributed by atoms with van der Waals surface area (Å²) in [5, 5.41) is 8.85. The molecule has 23 heavy (non-hydrogen) atoms. The molecule has 1 N–H and O–H groups in total. The number of nitrogens with zero attached hydrogens (tertiary/aromatic N) is 1. The summed E-state index contributed by atoms with van der Waals surface area (Å²) in [5.74, 6) is 0.427. The molecule has 0 amide bonds. The maximum atomic E-state index is 12.1. The summed E-state index contributed by atoms with van der Waals surface area (Å²) >= 11 is 0. The van der Waals surface area contributed by atoms with Gasteiger partial charge in [-0.3, -0.25) is 0 Å². The molecule has 6 heteroatoms. The fraction of sp³-hybridized carbons (Fsp3) is 0.588. The molecule has 0 unspecified atom stereocenters. The predicted octanol–water partition coefficient (Wildman–Crippen LogP) is 2.57. The Bertz CT molecular complexity index is 652. The van der Waals surface area contributed by atoms with Gasteiger partial charge in [-0.25, -0.2) is 13.1 Å². The molecule has 1 aliphatic carbocycles. The largest absolute Gasteiger partial charge is 0.377 e. The highest BCUT2D eigenvalue weighted by atomic mass is 32.2. The fourth-order valence-electron chi connectivity index (χ4n) is 2.94. The Morgan fingerprint density at radius 2 is 2.13 bits per heavy atom. The topological polar surface area (TPSA) is 79.2 Å². The lowest BCUT2D eigenvalue weighted by Gasteiger charge is -2.28. The van der Waals surface area contributed by atoms with Crippen molar-refractivity contribution < 1.29 is 13.2 Å². The smallest absolute Gasteiger partial charge is 0.215 e. The third kappa shape index (κ3) is 5.94. The monoisotopic (exact) mass is 336 g/mol. The average Bonchev–Trinajstić information content (AvgIpc) is 2.53. The van der Waals surface area contributed by atoms with Crippen molar-refractivity contribution in [3.8, 4) is 6.07 Å². The van der Waals surface area contributed by atoms with E-state index in [0.717, 1.165) is 6.42 Å². The number of nitriles is 1. The maximum Gasteiger partial charge on any atom is 0.215 e. The van der Waals surface area contributed by atoms with Gasteiger partial charge in [0, 0.05) is 6.54 Å². The SMILES string of the molecule is C[C@H]1CCCC[C@@H]1OCCNS(=O)(=O)Cc1cccc(C#N)c1. The van der Waals surface area contributed by atoms with Crippen molar-refractivity contribution in [1.29, 1.82) is 5.26 Å². The molecule has 1 fully saturated rings. The van der Waals surface area contributed by atoms with E-state index in [-0.39, 0.29) is 18.4 Å². The van der Waals surface area contributed by atoms with Crippen LogP contribution in [0.15, 0.2) is 24.3 Å². The number of hydrogen-bond acceptors (Lipinski definition) is 4. The summed E-state index contributed by atoms with van der Waals surface area (Å²) < 4.78 is 32.5. The second-order valence-electron chi connectivity index (χ2n) is 6.14. The summed E-state index contributed by atoms with van der Waals surface area (Å²) in [6.45, 7) is 2.87. The van der Waals surface area contributed by atoms with E-state index >= 15 is 0 Å². The van der Waals surface area contributed by atoms with Crippen LogP contribution in [0, 0.1) is 17.2 Å². The Morgan fingerprint density at radius 3 is 2.87 bits per heavy atom. The molecule has 0 spiro atoms. The first kappa shape index (κ1) is 17.9. The number of ether oxygens (including phenoxy) is 1. The van der Waals surface area contributed by atoms with Gasteiger partial charge >= 0.3 is 0 Å². The Hall–Kier alpha value is -1.42. The highest BCUT2D eigenvalue weighted by molar-refractivity contribution is 7.88. The third-order valence-electron chi connectivity index (χ3n) is 4.20. The quantitative estimate of drug-likeness (QED) is 0.776. The van der Waals surface area contributed by atoms with Gasteiger partial charge in [-0.1, -0.05) is 31.9 Å². The van der Waals surface area contributed by atoms with Gasteiger partial charge in [0.15, 0.2) is 0 Å². The molecule has 0 radical (unpaired) electrons.